The van der Waals surface area contributed by atoms with Gasteiger partial charge in [0.05, 0.1) is 10.6 Å². The van der Waals surface area contributed by atoms with E-state index in [1.54, 1.807) is 42.3 Å². The van der Waals surface area contributed by atoms with Crippen molar-refractivity contribution in [2.75, 3.05) is 6.54 Å². The summed E-state index contributed by atoms with van der Waals surface area (Å²) in [4.78, 5) is 37.6. The molecule has 0 radical (unpaired) electrons. The Kier molecular flexibility index (Phi) is 6.80. The monoisotopic (exact) mass is 562 g/mol. The predicted molar refractivity (Wildman–Crippen MR) is 156 cm³/mol. The molecule has 5 aromatic rings. The van der Waals surface area contributed by atoms with Crippen LogP contribution in [0, 0.1) is 6.92 Å². The van der Waals surface area contributed by atoms with E-state index in [-0.39, 0.29) is 21.9 Å². The molecule has 0 fully saturated rings. The molecule has 41 heavy (non-hydrogen) atoms. The highest BCUT2D eigenvalue weighted by Gasteiger charge is 2.26. The molecule has 0 bridgehead atoms. The SMILES string of the molecule is Cc1nccc(-c2ccc(C(=O)NS(=O)(=O)c3ccc4ccccc4c3)cc2C(=O)N2CCc3ccccc3C2)n1. The van der Waals surface area contributed by atoms with Gasteiger partial charge in [0.15, 0.2) is 0 Å². The quantitative estimate of drug-likeness (QED) is 0.326. The van der Waals surface area contributed by atoms with Gasteiger partial charge in [0, 0.05) is 36.0 Å². The number of hydrogen-bond donors (Lipinski definition) is 1. The van der Waals surface area contributed by atoms with Crippen molar-refractivity contribution in [3.63, 3.8) is 0 Å². The highest BCUT2D eigenvalue weighted by molar-refractivity contribution is 7.90. The molecule has 8 nitrogen and oxygen atoms in total. The summed E-state index contributed by atoms with van der Waals surface area (Å²) < 4.78 is 28.5. The van der Waals surface area contributed by atoms with E-state index in [2.05, 4.69) is 20.8 Å². The van der Waals surface area contributed by atoms with Gasteiger partial charge < -0.3 is 4.90 Å². The average Bonchev–Trinajstić information content (AvgIpc) is 2.99. The van der Waals surface area contributed by atoms with E-state index in [1.807, 2.05) is 36.4 Å². The standard InChI is InChI=1S/C32H26N4O4S/c1-21-33-16-14-30(34-21)28-13-11-25(19-29(28)32(38)36-17-15-23-7-3-5-9-26(23)20-36)31(37)35-41(39,40)27-12-10-22-6-2-4-8-24(22)18-27/h2-14,16,18-19H,15,17,20H2,1H3,(H,35,37). The number of rotatable bonds is 5. The fraction of sp³-hybridized carbons (Fsp3) is 0.125. The first-order valence-corrected chi connectivity index (χ1v) is 14.6. The summed E-state index contributed by atoms with van der Waals surface area (Å²) in [7, 11) is -4.17. The molecule has 1 aliphatic rings. The Morgan fingerprint density at radius 2 is 1.61 bits per heavy atom. The van der Waals surface area contributed by atoms with Crippen LogP contribution in [0.2, 0.25) is 0 Å². The molecule has 1 aliphatic heterocycles. The zero-order valence-corrected chi connectivity index (χ0v) is 23.1. The Morgan fingerprint density at radius 1 is 0.854 bits per heavy atom. The Balaban J connectivity index is 1.34. The number of fused-ring (bicyclic) bond motifs is 2. The second-order valence-corrected chi connectivity index (χ2v) is 11.6. The highest BCUT2D eigenvalue weighted by atomic mass is 32.2. The number of carbonyl (C=O) groups excluding carboxylic acids is 2. The minimum atomic E-state index is -4.17. The first kappa shape index (κ1) is 26.3. The third-order valence-corrected chi connectivity index (χ3v) is 8.57. The van der Waals surface area contributed by atoms with Gasteiger partial charge in [-0.15, -0.1) is 0 Å². The molecule has 2 heterocycles. The number of sulfonamides is 1. The second kappa shape index (κ2) is 10.6. The van der Waals surface area contributed by atoms with Crippen molar-refractivity contribution >= 4 is 32.6 Å². The third-order valence-electron chi connectivity index (χ3n) is 7.24. The molecular formula is C32H26N4O4S. The summed E-state index contributed by atoms with van der Waals surface area (Å²) in [6.07, 6.45) is 2.33. The minimum absolute atomic E-state index is 0.0269. The summed E-state index contributed by atoms with van der Waals surface area (Å²) in [5.74, 6) is -0.560. The van der Waals surface area contributed by atoms with Gasteiger partial charge >= 0.3 is 0 Å². The number of amides is 2. The van der Waals surface area contributed by atoms with Crippen LogP contribution in [0.1, 0.15) is 37.7 Å². The van der Waals surface area contributed by atoms with Crippen molar-refractivity contribution in [2.24, 2.45) is 0 Å². The van der Waals surface area contributed by atoms with Gasteiger partial charge in [0.1, 0.15) is 5.82 Å². The molecule has 9 heteroatoms. The van der Waals surface area contributed by atoms with Crippen molar-refractivity contribution < 1.29 is 18.0 Å². The zero-order valence-electron chi connectivity index (χ0n) is 22.2. The van der Waals surface area contributed by atoms with Gasteiger partial charge in [0.2, 0.25) is 0 Å². The molecule has 6 rings (SSSR count). The number of benzene rings is 4. The van der Waals surface area contributed by atoms with E-state index >= 15 is 0 Å². The Morgan fingerprint density at radius 3 is 2.41 bits per heavy atom. The molecule has 0 unspecified atom stereocenters. The van der Waals surface area contributed by atoms with Gasteiger partial charge in [-0.2, -0.15) is 0 Å². The summed E-state index contributed by atoms with van der Waals surface area (Å²) >= 11 is 0. The number of nitrogens with one attached hydrogen (secondary N) is 1. The molecule has 0 spiro atoms. The maximum Gasteiger partial charge on any atom is 0.265 e. The lowest BCUT2D eigenvalue weighted by Gasteiger charge is -2.29. The van der Waals surface area contributed by atoms with E-state index in [9.17, 15) is 18.0 Å². The molecule has 1 aromatic heterocycles. The fourth-order valence-corrected chi connectivity index (χ4v) is 6.11. The van der Waals surface area contributed by atoms with Gasteiger partial charge in [-0.25, -0.2) is 23.1 Å². The van der Waals surface area contributed by atoms with Gasteiger partial charge in [0.25, 0.3) is 21.8 Å². The van der Waals surface area contributed by atoms with Crippen LogP contribution >= 0.6 is 0 Å². The van der Waals surface area contributed by atoms with Gasteiger partial charge in [-0.3, -0.25) is 9.59 Å². The Bertz CT molecular complexity index is 1940. The first-order chi connectivity index (χ1) is 19.8. The van der Waals surface area contributed by atoms with E-state index in [0.29, 0.717) is 36.6 Å². The summed E-state index contributed by atoms with van der Waals surface area (Å²) in [5.41, 5.74) is 3.65. The molecule has 0 saturated heterocycles. The molecule has 0 saturated carbocycles. The number of aryl methyl sites for hydroxylation is 1. The number of nitrogens with zero attached hydrogens (tertiary/aromatic N) is 3. The van der Waals surface area contributed by atoms with Crippen molar-refractivity contribution in [3.8, 4) is 11.3 Å². The predicted octanol–water partition coefficient (Wildman–Crippen LogP) is 4.92. The second-order valence-electron chi connectivity index (χ2n) is 9.94. The summed E-state index contributed by atoms with van der Waals surface area (Å²) in [6, 6.07) is 26.3. The molecule has 4 aromatic carbocycles. The lowest BCUT2D eigenvalue weighted by atomic mass is 9.96. The topological polar surface area (TPSA) is 109 Å². The van der Waals surface area contributed by atoms with Crippen molar-refractivity contribution in [3.05, 3.63) is 125 Å². The van der Waals surface area contributed by atoms with Crippen LogP contribution in [0.15, 0.2) is 102 Å². The van der Waals surface area contributed by atoms with E-state index < -0.39 is 15.9 Å². The number of hydrogen-bond acceptors (Lipinski definition) is 6. The molecule has 204 valence electrons. The van der Waals surface area contributed by atoms with Gasteiger partial charge in [-0.1, -0.05) is 60.7 Å². The molecule has 0 atom stereocenters. The van der Waals surface area contributed by atoms with Crippen LogP contribution in [0.25, 0.3) is 22.0 Å². The lowest BCUT2D eigenvalue weighted by Crippen LogP contribution is -2.36. The molecule has 1 N–H and O–H groups in total. The van der Waals surface area contributed by atoms with E-state index in [4.69, 9.17) is 0 Å². The molecule has 2 amide bonds. The maximum atomic E-state index is 13.9. The highest BCUT2D eigenvalue weighted by Crippen LogP contribution is 2.28. The van der Waals surface area contributed by atoms with Crippen LogP contribution in [0.3, 0.4) is 0 Å². The normalized spacial score (nSPS) is 13.0. The molecule has 0 aliphatic carbocycles. The fourth-order valence-electron chi connectivity index (χ4n) is 5.11. The van der Waals surface area contributed by atoms with Crippen LogP contribution in [-0.2, 0) is 23.0 Å². The van der Waals surface area contributed by atoms with Gasteiger partial charge in [-0.05, 0) is 65.6 Å². The Labute approximate surface area is 237 Å². The summed E-state index contributed by atoms with van der Waals surface area (Å²) in [6.45, 7) is 2.71. The van der Waals surface area contributed by atoms with Crippen LogP contribution in [-0.4, -0.2) is 41.6 Å². The maximum absolute atomic E-state index is 13.9. The van der Waals surface area contributed by atoms with Crippen LogP contribution < -0.4 is 4.72 Å². The largest absolute Gasteiger partial charge is 0.334 e. The Hall–Kier alpha value is -4.89. The minimum Gasteiger partial charge on any atom is -0.334 e. The number of carbonyl (C=O) groups is 2. The van der Waals surface area contributed by atoms with Crippen molar-refractivity contribution in [1.82, 2.24) is 19.6 Å². The first-order valence-electron chi connectivity index (χ1n) is 13.1. The smallest absolute Gasteiger partial charge is 0.265 e. The van der Waals surface area contributed by atoms with Crippen LogP contribution in [0.5, 0.6) is 0 Å². The summed E-state index contributed by atoms with van der Waals surface area (Å²) in [5, 5.41) is 1.63. The van der Waals surface area contributed by atoms with Crippen molar-refractivity contribution in [1.29, 1.82) is 0 Å². The van der Waals surface area contributed by atoms with E-state index in [1.165, 1.54) is 29.8 Å². The third kappa shape index (κ3) is 5.31. The van der Waals surface area contributed by atoms with Crippen molar-refractivity contribution in [2.45, 2.75) is 24.8 Å². The zero-order chi connectivity index (χ0) is 28.6. The molecular weight excluding hydrogens is 536 g/mol. The van der Waals surface area contributed by atoms with Crippen LogP contribution in [0.4, 0.5) is 0 Å². The van der Waals surface area contributed by atoms with E-state index in [0.717, 1.165) is 16.3 Å². The lowest BCUT2D eigenvalue weighted by molar-refractivity contribution is 0.0735. The average molecular weight is 563 g/mol. The number of aromatic nitrogens is 2.